The molecule has 1 atom stereocenters. The molecule has 0 aliphatic carbocycles. The second-order valence-electron chi connectivity index (χ2n) is 7.86. The maximum absolute atomic E-state index is 13.0. The van der Waals surface area contributed by atoms with Crippen LogP contribution in [0.15, 0.2) is 30.9 Å². The van der Waals surface area contributed by atoms with E-state index in [9.17, 15) is 24.0 Å². The fraction of sp³-hybridized carbons (Fsp3) is 0.458. The third-order valence-corrected chi connectivity index (χ3v) is 5.43. The number of carbonyl (C=O) groups is 5. The zero-order valence-corrected chi connectivity index (χ0v) is 19.0. The highest BCUT2D eigenvalue weighted by molar-refractivity contribution is 6.24. The van der Waals surface area contributed by atoms with E-state index < -0.39 is 29.7 Å². The van der Waals surface area contributed by atoms with Crippen LogP contribution in [0.1, 0.15) is 78.1 Å². The lowest BCUT2D eigenvalue weighted by molar-refractivity contribution is -0.136. The Kier molecular flexibility index (Phi) is 9.93. The Morgan fingerprint density at radius 3 is 2.58 bits per heavy atom. The summed E-state index contributed by atoms with van der Waals surface area (Å²) in [4.78, 5) is 62.2. The number of nitrogens with one attached hydrogen (secondary N) is 2. The van der Waals surface area contributed by atoms with E-state index in [2.05, 4.69) is 24.1 Å². The number of benzene rings is 1. The third-order valence-electron chi connectivity index (χ3n) is 5.43. The summed E-state index contributed by atoms with van der Waals surface area (Å²) in [7, 11) is 0. The number of nitrogens with zero attached hydrogens (tertiary/aromatic N) is 1. The highest BCUT2D eigenvalue weighted by atomic mass is 16.2. The number of hydrogen-bond acceptors (Lipinski definition) is 6. The van der Waals surface area contributed by atoms with Crippen molar-refractivity contribution in [1.29, 1.82) is 0 Å². The minimum atomic E-state index is -1.01. The summed E-state index contributed by atoms with van der Waals surface area (Å²) in [5.74, 6) is -2.35. The van der Waals surface area contributed by atoms with Crippen molar-refractivity contribution < 1.29 is 24.0 Å². The van der Waals surface area contributed by atoms with Crippen LogP contribution in [0.5, 0.6) is 0 Å². The molecule has 1 fully saturated rings. The molecule has 9 nitrogen and oxygen atoms in total. The van der Waals surface area contributed by atoms with Gasteiger partial charge >= 0.3 is 0 Å². The molecular weight excluding hydrogens is 424 g/mol. The molecule has 9 heteroatoms. The van der Waals surface area contributed by atoms with E-state index in [4.69, 9.17) is 5.73 Å². The number of carbonyl (C=O) groups excluding carboxylic acids is 5. The average Bonchev–Trinajstić information content (AvgIpc) is 3.06. The smallest absolute Gasteiger partial charge is 0.262 e. The molecule has 2 heterocycles. The van der Waals surface area contributed by atoms with Crippen molar-refractivity contribution in [1.82, 2.24) is 15.5 Å². The number of hydrogen-bond donors (Lipinski definition) is 3. The average molecular weight is 457 g/mol. The van der Waals surface area contributed by atoms with Gasteiger partial charge in [0, 0.05) is 19.4 Å². The van der Waals surface area contributed by atoms with Gasteiger partial charge in [0.1, 0.15) is 6.04 Å². The van der Waals surface area contributed by atoms with Crippen LogP contribution in [0, 0.1) is 0 Å². The fourth-order valence-corrected chi connectivity index (χ4v) is 3.62. The Labute approximate surface area is 193 Å². The number of imide groups is 2. The molecule has 0 aromatic heterocycles. The molecule has 3 rings (SSSR count). The summed E-state index contributed by atoms with van der Waals surface area (Å²) in [6.45, 7) is 6.25. The Bertz CT molecular complexity index is 927. The molecule has 4 N–H and O–H groups in total. The van der Waals surface area contributed by atoms with Gasteiger partial charge in [-0.25, -0.2) is 0 Å². The van der Waals surface area contributed by atoms with Crippen LogP contribution >= 0.6 is 0 Å². The summed E-state index contributed by atoms with van der Waals surface area (Å²) in [5, 5.41) is 4.94. The van der Waals surface area contributed by atoms with Crippen molar-refractivity contribution in [3.63, 3.8) is 0 Å². The second-order valence-corrected chi connectivity index (χ2v) is 7.86. The maximum Gasteiger partial charge on any atom is 0.262 e. The number of nitrogens with two attached hydrogens (primary N) is 1. The number of unbranched alkanes of at least 4 members (excludes halogenated alkanes) is 2. The van der Waals surface area contributed by atoms with Crippen molar-refractivity contribution in [2.45, 2.75) is 64.5 Å². The van der Waals surface area contributed by atoms with Gasteiger partial charge in [-0.1, -0.05) is 31.6 Å². The molecule has 33 heavy (non-hydrogen) atoms. The molecular formula is C24H32N4O5. The summed E-state index contributed by atoms with van der Waals surface area (Å²) >= 11 is 0. The van der Waals surface area contributed by atoms with Crippen LogP contribution in [0.4, 0.5) is 0 Å². The highest BCUT2D eigenvalue weighted by Gasteiger charge is 2.45. The molecule has 2 aliphatic rings. The number of rotatable bonds is 9. The number of fused-ring (bicyclic) bond motifs is 1. The molecule has 1 aromatic rings. The van der Waals surface area contributed by atoms with Crippen LogP contribution in [0.25, 0.3) is 0 Å². The molecule has 0 radical (unpaired) electrons. The minimum Gasteiger partial charge on any atom is -0.352 e. The normalized spacial score (nSPS) is 17.2. The van der Waals surface area contributed by atoms with Crippen LogP contribution in [0.2, 0.25) is 0 Å². The predicted octanol–water partition coefficient (Wildman–Crippen LogP) is 1.81. The molecule has 0 saturated carbocycles. The van der Waals surface area contributed by atoms with E-state index in [1.54, 1.807) is 12.1 Å². The van der Waals surface area contributed by atoms with E-state index in [-0.39, 0.29) is 36.4 Å². The lowest BCUT2D eigenvalue weighted by Crippen LogP contribution is -2.54. The van der Waals surface area contributed by atoms with E-state index >= 15 is 0 Å². The van der Waals surface area contributed by atoms with E-state index in [1.807, 2.05) is 6.08 Å². The number of piperidine rings is 1. The van der Waals surface area contributed by atoms with Gasteiger partial charge in [-0.15, -0.1) is 6.58 Å². The maximum atomic E-state index is 13.0. The first-order chi connectivity index (χ1) is 15.8. The molecule has 0 spiro atoms. The number of amides is 5. The van der Waals surface area contributed by atoms with Crippen molar-refractivity contribution in [2.75, 3.05) is 6.54 Å². The lowest BCUT2D eigenvalue weighted by Gasteiger charge is -2.27. The first kappa shape index (κ1) is 25.9. The Balaban J connectivity index is 0.000000890. The molecule has 178 valence electrons. The summed E-state index contributed by atoms with van der Waals surface area (Å²) in [5.41, 5.74) is 6.35. The summed E-state index contributed by atoms with van der Waals surface area (Å²) in [6.07, 6.45) is 5.97. The largest absolute Gasteiger partial charge is 0.352 e. The van der Waals surface area contributed by atoms with Gasteiger partial charge in [-0.05, 0) is 43.9 Å². The van der Waals surface area contributed by atoms with Crippen molar-refractivity contribution in [3.05, 3.63) is 47.5 Å². The zero-order valence-electron chi connectivity index (χ0n) is 19.0. The Hall–Kier alpha value is -3.33. The minimum absolute atomic E-state index is 0.0664. The van der Waals surface area contributed by atoms with Gasteiger partial charge in [0.15, 0.2) is 0 Å². The number of allylic oxidation sites excluding steroid dienone is 1. The Morgan fingerprint density at radius 1 is 1.21 bits per heavy atom. The Morgan fingerprint density at radius 2 is 1.94 bits per heavy atom. The second kappa shape index (κ2) is 12.6. The van der Waals surface area contributed by atoms with Gasteiger partial charge in [0.05, 0.1) is 11.1 Å². The zero-order chi connectivity index (χ0) is 24.4. The highest BCUT2D eigenvalue weighted by Crippen LogP contribution is 2.29. The third kappa shape index (κ3) is 6.58. The molecule has 0 bridgehead atoms. The quantitative estimate of drug-likeness (QED) is 0.294. The van der Waals surface area contributed by atoms with Crippen LogP contribution < -0.4 is 16.4 Å². The first-order valence-electron chi connectivity index (χ1n) is 11.3. The molecule has 1 unspecified atom stereocenters. The molecule has 1 saturated heterocycles. The first-order valence-corrected chi connectivity index (χ1v) is 11.3. The molecule has 5 amide bonds. The SMILES string of the molecule is C=CCC.NCCCCCC(=O)NCc1cccc2c1C(=O)N(C1CCC(=O)NC1=O)C2=O. The van der Waals surface area contributed by atoms with Gasteiger partial charge in [-0.2, -0.15) is 0 Å². The van der Waals surface area contributed by atoms with Gasteiger partial charge in [-0.3, -0.25) is 34.2 Å². The van der Waals surface area contributed by atoms with Crippen molar-refractivity contribution in [3.8, 4) is 0 Å². The van der Waals surface area contributed by atoms with Crippen molar-refractivity contribution in [2.24, 2.45) is 5.73 Å². The summed E-state index contributed by atoms with van der Waals surface area (Å²) in [6, 6.07) is 3.83. The van der Waals surface area contributed by atoms with E-state index in [1.165, 1.54) is 6.07 Å². The molecule has 1 aromatic carbocycles. The van der Waals surface area contributed by atoms with Gasteiger partial charge in [0.25, 0.3) is 11.8 Å². The lowest BCUT2D eigenvalue weighted by atomic mass is 10.0. The van der Waals surface area contributed by atoms with Gasteiger partial charge in [0.2, 0.25) is 17.7 Å². The predicted molar refractivity (Wildman–Crippen MR) is 123 cm³/mol. The van der Waals surface area contributed by atoms with Crippen LogP contribution in [0.3, 0.4) is 0 Å². The topological polar surface area (TPSA) is 139 Å². The van der Waals surface area contributed by atoms with Gasteiger partial charge < -0.3 is 11.1 Å². The fourth-order valence-electron chi connectivity index (χ4n) is 3.62. The van der Waals surface area contributed by atoms with Crippen LogP contribution in [-0.2, 0) is 20.9 Å². The van der Waals surface area contributed by atoms with Crippen molar-refractivity contribution >= 4 is 29.5 Å². The van der Waals surface area contributed by atoms with E-state index in [0.29, 0.717) is 18.5 Å². The van der Waals surface area contributed by atoms with E-state index in [0.717, 1.165) is 30.6 Å². The summed E-state index contributed by atoms with van der Waals surface area (Å²) < 4.78 is 0. The monoisotopic (exact) mass is 456 g/mol. The molecule has 2 aliphatic heterocycles. The van der Waals surface area contributed by atoms with Crippen LogP contribution in [-0.4, -0.2) is 47.0 Å². The standard InChI is InChI=1S/C20H24N4O5.C4H8/c21-10-3-1-2-7-15(25)22-11-12-5-4-6-13-17(12)20(29)24(19(13)28)14-8-9-16(26)23-18(14)27;1-3-4-2/h4-6,14H,1-3,7-11,21H2,(H,22,25)(H,23,26,27);3H,1,4H2,2H3.